The van der Waals surface area contributed by atoms with E-state index in [1.54, 1.807) is 36.4 Å². The molecule has 1 aliphatic rings. The van der Waals surface area contributed by atoms with Crippen LogP contribution in [0.15, 0.2) is 54.6 Å². The van der Waals surface area contributed by atoms with Crippen molar-refractivity contribution in [3.63, 3.8) is 0 Å². The molecule has 1 heterocycles. The van der Waals surface area contributed by atoms with Crippen molar-refractivity contribution in [3.8, 4) is 5.75 Å². The van der Waals surface area contributed by atoms with Gasteiger partial charge in [0.1, 0.15) is 5.75 Å². The summed E-state index contributed by atoms with van der Waals surface area (Å²) < 4.78 is 5.63. The fraction of sp³-hybridized carbons (Fsp3) is 0.0667. The summed E-state index contributed by atoms with van der Waals surface area (Å²) in [6.07, 6.45) is -0.825. The summed E-state index contributed by atoms with van der Waals surface area (Å²) in [5.74, 6) is -0.526. The second-order valence-electron chi connectivity index (χ2n) is 4.10. The molecule has 0 radical (unpaired) electrons. The molecule has 0 spiro atoms. The molecule has 0 saturated carbocycles. The number of ketones is 2. The van der Waals surface area contributed by atoms with Crippen molar-refractivity contribution < 1.29 is 14.3 Å². The number of carbonyl (C=O) groups is 2. The molecule has 0 fully saturated rings. The maximum atomic E-state index is 12.0. The van der Waals surface area contributed by atoms with Gasteiger partial charge in [0.2, 0.25) is 11.6 Å². The molecule has 0 N–H and O–H groups in total. The Hall–Kier alpha value is -2.42. The predicted molar refractivity (Wildman–Crippen MR) is 65.6 cm³/mol. The number of para-hydroxylation sites is 1. The lowest BCUT2D eigenvalue weighted by Gasteiger charge is -2.23. The lowest BCUT2D eigenvalue weighted by molar-refractivity contribution is -0.122. The fourth-order valence-electron chi connectivity index (χ4n) is 2.04. The van der Waals surface area contributed by atoms with Crippen LogP contribution in [-0.4, -0.2) is 11.6 Å². The standard InChI is InChI=1S/C15H10O3/c16-13-11-8-4-5-9-12(11)18-15(14(13)17)10-6-2-1-3-7-10/h1-9,15H/t15-/m0/s1. The zero-order valence-corrected chi connectivity index (χ0v) is 9.50. The van der Waals surface area contributed by atoms with E-state index in [9.17, 15) is 9.59 Å². The number of benzene rings is 2. The molecule has 0 bridgehead atoms. The minimum absolute atomic E-state index is 0.342. The summed E-state index contributed by atoms with van der Waals surface area (Å²) in [6.45, 7) is 0. The molecule has 0 unspecified atom stereocenters. The summed E-state index contributed by atoms with van der Waals surface area (Å²) >= 11 is 0. The first-order valence-corrected chi connectivity index (χ1v) is 5.66. The molecular formula is C15H10O3. The molecule has 18 heavy (non-hydrogen) atoms. The first-order chi connectivity index (χ1) is 8.77. The summed E-state index contributed by atoms with van der Waals surface area (Å²) in [5, 5.41) is 0. The Morgan fingerprint density at radius 3 is 2.28 bits per heavy atom. The highest BCUT2D eigenvalue weighted by atomic mass is 16.5. The van der Waals surface area contributed by atoms with Gasteiger partial charge in [-0.2, -0.15) is 0 Å². The van der Waals surface area contributed by atoms with Gasteiger partial charge in [0, 0.05) is 5.56 Å². The number of fused-ring (bicyclic) bond motifs is 1. The summed E-state index contributed by atoms with van der Waals surface area (Å²) in [6, 6.07) is 15.9. The SMILES string of the molecule is O=C1C(=O)[C@H](c2ccccc2)Oc2ccccc21. The Kier molecular flexibility index (Phi) is 2.45. The molecule has 3 nitrogen and oxygen atoms in total. The molecule has 0 saturated heterocycles. The maximum absolute atomic E-state index is 12.0. The van der Waals surface area contributed by atoms with Gasteiger partial charge in [-0.3, -0.25) is 9.59 Å². The van der Waals surface area contributed by atoms with Crippen LogP contribution in [0.4, 0.5) is 0 Å². The predicted octanol–water partition coefficient (Wildman–Crippen LogP) is 2.57. The van der Waals surface area contributed by atoms with E-state index in [1.165, 1.54) is 0 Å². The van der Waals surface area contributed by atoms with Crippen LogP contribution in [0.3, 0.4) is 0 Å². The normalized spacial score (nSPS) is 18.1. The van der Waals surface area contributed by atoms with E-state index < -0.39 is 17.7 Å². The average Bonchev–Trinajstić information content (AvgIpc) is 2.44. The zero-order chi connectivity index (χ0) is 12.5. The monoisotopic (exact) mass is 238 g/mol. The van der Waals surface area contributed by atoms with Crippen LogP contribution in [0.1, 0.15) is 22.0 Å². The second-order valence-corrected chi connectivity index (χ2v) is 4.10. The van der Waals surface area contributed by atoms with Crippen molar-refractivity contribution in [3.05, 3.63) is 65.7 Å². The quantitative estimate of drug-likeness (QED) is 0.717. The Bertz CT molecular complexity index is 617. The van der Waals surface area contributed by atoms with Gasteiger partial charge >= 0.3 is 0 Å². The summed E-state index contributed by atoms with van der Waals surface area (Å²) in [7, 11) is 0. The van der Waals surface area contributed by atoms with Gasteiger partial charge in [0.05, 0.1) is 5.56 Å². The molecule has 0 aliphatic carbocycles. The van der Waals surface area contributed by atoms with E-state index in [4.69, 9.17) is 4.74 Å². The first-order valence-electron chi connectivity index (χ1n) is 5.66. The summed E-state index contributed by atoms with van der Waals surface area (Å²) in [4.78, 5) is 24.0. The first kappa shape index (κ1) is 10.7. The van der Waals surface area contributed by atoms with Crippen molar-refractivity contribution in [1.29, 1.82) is 0 Å². The van der Waals surface area contributed by atoms with E-state index in [0.717, 1.165) is 0 Å². The molecular weight excluding hydrogens is 228 g/mol. The van der Waals surface area contributed by atoms with Crippen molar-refractivity contribution in [2.45, 2.75) is 6.10 Å². The third kappa shape index (κ3) is 1.61. The molecule has 2 aromatic rings. The number of Topliss-reactive ketones (excluding diaryl/α,β-unsaturated/α-hetero) is 2. The number of hydrogen-bond donors (Lipinski definition) is 0. The van der Waals surface area contributed by atoms with Gasteiger partial charge < -0.3 is 4.74 Å². The van der Waals surface area contributed by atoms with Gasteiger partial charge in [-0.25, -0.2) is 0 Å². The van der Waals surface area contributed by atoms with Crippen molar-refractivity contribution in [2.24, 2.45) is 0 Å². The minimum Gasteiger partial charge on any atom is -0.477 e. The highest BCUT2D eigenvalue weighted by molar-refractivity contribution is 6.46. The lowest BCUT2D eigenvalue weighted by Crippen LogP contribution is -2.31. The van der Waals surface area contributed by atoms with Crippen LogP contribution in [0.2, 0.25) is 0 Å². The van der Waals surface area contributed by atoms with Gasteiger partial charge in [-0.15, -0.1) is 0 Å². The third-order valence-corrected chi connectivity index (χ3v) is 2.94. The minimum atomic E-state index is -0.825. The molecule has 1 aliphatic heterocycles. The van der Waals surface area contributed by atoms with E-state index >= 15 is 0 Å². The van der Waals surface area contributed by atoms with Crippen molar-refractivity contribution in [1.82, 2.24) is 0 Å². The molecule has 3 heteroatoms. The molecule has 88 valence electrons. The number of carbonyl (C=O) groups excluding carboxylic acids is 2. The van der Waals surface area contributed by atoms with Gasteiger partial charge in [-0.05, 0) is 12.1 Å². The number of hydrogen-bond acceptors (Lipinski definition) is 3. The third-order valence-electron chi connectivity index (χ3n) is 2.94. The molecule has 0 amide bonds. The second kappa shape index (κ2) is 4.11. The highest BCUT2D eigenvalue weighted by Crippen LogP contribution is 2.32. The molecule has 1 atom stereocenters. The van der Waals surface area contributed by atoms with E-state index in [0.29, 0.717) is 16.9 Å². The molecule has 3 rings (SSSR count). The zero-order valence-electron chi connectivity index (χ0n) is 9.50. The van der Waals surface area contributed by atoms with Crippen molar-refractivity contribution in [2.75, 3.05) is 0 Å². The highest BCUT2D eigenvalue weighted by Gasteiger charge is 2.35. The average molecular weight is 238 g/mol. The van der Waals surface area contributed by atoms with Crippen LogP contribution in [0.25, 0.3) is 0 Å². The van der Waals surface area contributed by atoms with Crippen LogP contribution in [-0.2, 0) is 4.79 Å². The Balaban J connectivity index is 2.07. The van der Waals surface area contributed by atoms with Crippen LogP contribution in [0, 0.1) is 0 Å². The van der Waals surface area contributed by atoms with E-state index in [2.05, 4.69) is 0 Å². The van der Waals surface area contributed by atoms with Gasteiger partial charge in [0.25, 0.3) is 0 Å². The number of ether oxygens (including phenoxy) is 1. The lowest BCUT2D eigenvalue weighted by atomic mass is 9.95. The van der Waals surface area contributed by atoms with Crippen LogP contribution >= 0.6 is 0 Å². The molecule has 2 aromatic carbocycles. The van der Waals surface area contributed by atoms with Crippen LogP contribution < -0.4 is 4.74 Å². The van der Waals surface area contributed by atoms with E-state index in [1.807, 2.05) is 18.2 Å². The van der Waals surface area contributed by atoms with Crippen LogP contribution in [0.5, 0.6) is 5.75 Å². The number of rotatable bonds is 1. The Morgan fingerprint density at radius 2 is 1.50 bits per heavy atom. The Labute approximate surface area is 104 Å². The van der Waals surface area contributed by atoms with E-state index in [-0.39, 0.29) is 0 Å². The maximum Gasteiger partial charge on any atom is 0.248 e. The Morgan fingerprint density at radius 1 is 0.833 bits per heavy atom. The van der Waals surface area contributed by atoms with Gasteiger partial charge in [-0.1, -0.05) is 42.5 Å². The van der Waals surface area contributed by atoms with Crippen molar-refractivity contribution >= 4 is 11.6 Å². The summed E-state index contributed by atoms with van der Waals surface area (Å²) in [5.41, 5.74) is 1.04. The fourth-order valence-corrected chi connectivity index (χ4v) is 2.04. The van der Waals surface area contributed by atoms with Gasteiger partial charge in [0.15, 0.2) is 6.10 Å². The topological polar surface area (TPSA) is 43.4 Å². The molecule has 0 aromatic heterocycles. The smallest absolute Gasteiger partial charge is 0.248 e. The largest absolute Gasteiger partial charge is 0.477 e.